The van der Waals surface area contributed by atoms with Crippen molar-refractivity contribution in [1.29, 1.82) is 0 Å². The monoisotopic (exact) mass is 1160 g/mol. The first-order chi connectivity index (χ1) is 36.5. The van der Waals surface area contributed by atoms with Crippen LogP contribution in [0.2, 0.25) is 0 Å². The van der Waals surface area contributed by atoms with Crippen LogP contribution in [0.4, 0.5) is 0 Å². The Balaban J connectivity index is 2.67. The molecular formula is C47H83NO25S3. The number of carbonyl (C=O) groups is 3. The van der Waals surface area contributed by atoms with Crippen molar-refractivity contribution in [2.45, 2.75) is 12.8 Å². The van der Waals surface area contributed by atoms with Crippen LogP contribution in [0.15, 0.2) is 24.3 Å². The van der Waals surface area contributed by atoms with Gasteiger partial charge in [-0.25, -0.2) is 16.8 Å². The molecule has 0 atom stereocenters. The highest BCUT2D eigenvalue weighted by atomic mass is 32.2. The predicted molar refractivity (Wildman–Crippen MR) is 274 cm³/mol. The molecule has 0 aromatic heterocycles. The molecule has 0 fully saturated rings. The SMILES string of the molecule is COCCOCCOCCOCCOCCOCCOCCS(=O)(=O)CC(CS(=O)(=O)CCOCCOCCOCCOCCOCCOCCOC)C(=O)c1ccc(C(=O)N(CCCS(=O)(=O)O)CCC(=O)O)cc1. The summed E-state index contributed by atoms with van der Waals surface area (Å²) in [6.07, 6.45) is -0.659. The Morgan fingerprint density at radius 1 is 0.434 bits per heavy atom. The second-order valence-electron chi connectivity index (χ2n) is 16.3. The van der Waals surface area contributed by atoms with Crippen molar-refractivity contribution in [2.24, 2.45) is 5.92 Å². The number of benzene rings is 1. The van der Waals surface area contributed by atoms with Gasteiger partial charge in [0.1, 0.15) is 0 Å². The third kappa shape index (κ3) is 42.1. The number of carboxylic acids is 1. The van der Waals surface area contributed by atoms with E-state index in [-0.39, 0.29) is 96.7 Å². The van der Waals surface area contributed by atoms with E-state index in [1.165, 1.54) is 24.3 Å². The third-order valence-corrected chi connectivity index (χ3v) is 14.3. The van der Waals surface area contributed by atoms with E-state index in [4.69, 9.17) is 70.9 Å². The van der Waals surface area contributed by atoms with Crippen molar-refractivity contribution >= 4 is 47.5 Å². The standard InChI is InChI=1S/C47H83NO25S3/c1-60-11-13-62-15-17-64-19-21-66-23-25-68-27-29-70-31-33-72-35-38-74(53,54)40-44(46(51)42-4-6-43(7-5-42)47(52)48(10-8-45(49)50)9-3-37-76(57,58)59)41-75(55,56)39-36-73-34-32-71-30-28-69-26-24-67-22-20-65-18-16-63-14-12-61-2/h4-7,44H,3,8-41H2,1-2H3,(H,49,50)(H,57,58,59). The second-order valence-corrected chi connectivity index (χ2v) is 22.3. The van der Waals surface area contributed by atoms with E-state index in [1.54, 1.807) is 14.2 Å². The molecule has 0 aliphatic carbocycles. The second kappa shape index (κ2) is 45.9. The van der Waals surface area contributed by atoms with Gasteiger partial charge in [-0.05, 0) is 18.6 Å². The number of methoxy groups -OCH3 is 2. The molecule has 0 heterocycles. The fraction of sp³-hybridized carbons (Fsp3) is 0.809. The maximum atomic E-state index is 13.9. The van der Waals surface area contributed by atoms with Crippen molar-refractivity contribution in [3.05, 3.63) is 35.4 Å². The zero-order valence-electron chi connectivity index (χ0n) is 44.1. The molecule has 26 nitrogen and oxygen atoms in total. The lowest BCUT2D eigenvalue weighted by Gasteiger charge is -2.22. The number of carboxylic acid groups (broad SMARTS) is 1. The number of amides is 1. The molecule has 444 valence electrons. The zero-order valence-corrected chi connectivity index (χ0v) is 46.5. The predicted octanol–water partition coefficient (Wildman–Crippen LogP) is 0.00190. The molecule has 0 aliphatic heterocycles. The molecule has 29 heteroatoms. The summed E-state index contributed by atoms with van der Waals surface area (Å²) < 4.78 is 160. The van der Waals surface area contributed by atoms with Gasteiger partial charge < -0.3 is 76.3 Å². The van der Waals surface area contributed by atoms with E-state index < -0.39 is 88.6 Å². The van der Waals surface area contributed by atoms with Crippen LogP contribution in [0.25, 0.3) is 0 Å². The lowest BCUT2D eigenvalue weighted by atomic mass is 9.99. The number of Topliss-reactive ketones (excluding diaryl/α,β-unsaturated/α-hetero) is 1. The van der Waals surface area contributed by atoms with Crippen LogP contribution in [-0.2, 0) is 101 Å². The van der Waals surface area contributed by atoms with Crippen LogP contribution in [0.5, 0.6) is 0 Å². The van der Waals surface area contributed by atoms with Gasteiger partial charge in [0.2, 0.25) is 0 Å². The van der Waals surface area contributed by atoms with E-state index in [1.807, 2.05) is 0 Å². The highest BCUT2D eigenvalue weighted by Gasteiger charge is 2.31. The molecule has 0 aliphatic rings. The van der Waals surface area contributed by atoms with Crippen LogP contribution in [-0.4, -0.2) is 285 Å². The van der Waals surface area contributed by atoms with Gasteiger partial charge in [0.15, 0.2) is 25.5 Å². The summed E-state index contributed by atoms with van der Waals surface area (Å²) in [7, 11) is -9.35. The average molecular weight is 1160 g/mol. The molecule has 0 unspecified atom stereocenters. The highest BCUT2D eigenvalue weighted by Crippen LogP contribution is 2.18. The summed E-state index contributed by atoms with van der Waals surface area (Å²) in [6, 6.07) is 4.88. The van der Waals surface area contributed by atoms with Crippen molar-refractivity contribution in [3.8, 4) is 0 Å². The summed E-state index contributed by atoms with van der Waals surface area (Å²) in [5.41, 5.74) is -0.126. The van der Waals surface area contributed by atoms with E-state index >= 15 is 0 Å². The molecule has 1 aromatic carbocycles. The van der Waals surface area contributed by atoms with Crippen molar-refractivity contribution < 1.29 is 116 Å². The fourth-order valence-corrected chi connectivity index (χ4v) is 9.70. The number of hydrogen-bond donors (Lipinski definition) is 2. The Labute approximate surface area is 448 Å². The Kier molecular flexibility index (Phi) is 42.9. The maximum absolute atomic E-state index is 13.9. The molecule has 2 N–H and O–H groups in total. The van der Waals surface area contributed by atoms with E-state index in [0.29, 0.717) is 106 Å². The largest absolute Gasteiger partial charge is 0.481 e. The molecule has 0 saturated heterocycles. The summed E-state index contributed by atoms with van der Waals surface area (Å²) in [6.45, 7) is 7.38. The number of nitrogens with zero attached hydrogens (tertiary/aromatic N) is 1. The molecule has 1 rings (SSSR count). The van der Waals surface area contributed by atoms with Crippen molar-refractivity contribution in [1.82, 2.24) is 4.90 Å². The summed E-state index contributed by atoms with van der Waals surface area (Å²) in [5.74, 6) is -7.75. The number of ketones is 1. The van der Waals surface area contributed by atoms with Gasteiger partial charge in [0.25, 0.3) is 16.0 Å². The Morgan fingerprint density at radius 3 is 1.01 bits per heavy atom. The van der Waals surface area contributed by atoms with E-state index in [2.05, 4.69) is 0 Å². The molecule has 1 amide bonds. The third-order valence-electron chi connectivity index (χ3n) is 10.1. The molecule has 0 bridgehead atoms. The number of aliphatic carboxylic acids is 1. The molecule has 0 radical (unpaired) electrons. The normalized spacial score (nSPS) is 12.2. The van der Waals surface area contributed by atoms with Crippen LogP contribution < -0.4 is 0 Å². The molecular weight excluding hydrogens is 1070 g/mol. The molecule has 0 spiro atoms. The number of hydrogen-bond acceptors (Lipinski definition) is 23. The Morgan fingerprint density at radius 2 is 0.724 bits per heavy atom. The van der Waals surface area contributed by atoms with Crippen molar-refractivity contribution in [3.63, 3.8) is 0 Å². The summed E-state index contributed by atoms with van der Waals surface area (Å²) in [4.78, 5) is 39.6. The minimum Gasteiger partial charge on any atom is -0.481 e. The first-order valence-corrected chi connectivity index (χ1v) is 30.2. The maximum Gasteiger partial charge on any atom is 0.305 e. The minimum atomic E-state index is -4.36. The first kappa shape index (κ1) is 71.1. The fourth-order valence-electron chi connectivity index (χ4n) is 6.22. The van der Waals surface area contributed by atoms with Crippen LogP contribution in [0.3, 0.4) is 0 Å². The highest BCUT2D eigenvalue weighted by molar-refractivity contribution is 7.92. The quantitative estimate of drug-likeness (QED) is 0.0493. The van der Waals surface area contributed by atoms with E-state index in [9.17, 15) is 44.7 Å². The lowest BCUT2D eigenvalue weighted by molar-refractivity contribution is -0.137. The minimum absolute atomic E-state index is 0.0217. The van der Waals surface area contributed by atoms with Crippen LogP contribution in [0.1, 0.15) is 33.6 Å². The van der Waals surface area contributed by atoms with Gasteiger partial charge in [0.05, 0.1) is 213 Å². The number of rotatable bonds is 56. The van der Waals surface area contributed by atoms with Crippen LogP contribution in [0, 0.1) is 5.92 Å². The van der Waals surface area contributed by atoms with Crippen molar-refractivity contribution in [2.75, 3.05) is 228 Å². The zero-order chi connectivity index (χ0) is 56.0. The van der Waals surface area contributed by atoms with Gasteiger partial charge in [-0.1, -0.05) is 12.1 Å². The molecule has 1 aromatic rings. The summed E-state index contributed by atoms with van der Waals surface area (Å²) in [5, 5.41) is 9.17. The number of sulfone groups is 2. The Hall–Kier alpha value is -2.92. The first-order valence-electron chi connectivity index (χ1n) is 24.9. The molecule has 76 heavy (non-hydrogen) atoms. The van der Waals surface area contributed by atoms with Gasteiger partial charge in [-0.2, -0.15) is 8.42 Å². The van der Waals surface area contributed by atoms with Gasteiger partial charge in [-0.3, -0.25) is 18.9 Å². The average Bonchev–Trinajstić information content (AvgIpc) is 3.37. The smallest absolute Gasteiger partial charge is 0.305 e. The number of carbonyl (C=O) groups excluding carboxylic acids is 2. The number of ether oxygens (including phenoxy) is 14. The Bertz CT molecular complexity index is 1890. The van der Waals surface area contributed by atoms with Gasteiger partial charge >= 0.3 is 5.97 Å². The van der Waals surface area contributed by atoms with Gasteiger partial charge in [0, 0.05) is 38.4 Å². The summed E-state index contributed by atoms with van der Waals surface area (Å²) >= 11 is 0. The topological polar surface area (TPSA) is 327 Å². The van der Waals surface area contributed by atoms with Crippen LogP contribution >= 0.6 is 0 Å². The van der Waals surface area contributed by atoms with Gasteiger partial charge in [-0.15, -0.1) is 0 Å². The molecule has 0 saturated carbocycles. The van der Waals surface area contributed by atoms with E-state index in [0.717, 1.165) is 4.90 Å². The lowest BCUT2D eigenvalue weighted by Crippen LogP contribution is -2.35.